The van der Waals surface area contributed by atoms with Gasteiger partial charge in [0.05, 0.1) is 11.0 Å². The maximum Gasteiger partial charge on any atom is 0.0542 e. The van der Waals surface area contributed by atoms with E-state index in [9.17, 15) is 0 Å². The largest absolute Gasteiger partial charge is 0.342 e. The highest BCUT2D eigenvalue weighted by molar-refractivity contribution is 6.11. The molecule has 0 aliphatic carbocycles. The quantitative estimate of drug-likeness (QED) is 0.155. The Labute approximate surface area is 272 Å². The third kappa shape index (κ3) is 5.37. The van der Waals surface area contributed by atoms with Crippen LogP contribution in [0.2, 0.25) is 0 Å². The molecule has 4 heteroatoms. The lowest BCUT2D eigenvalue weighted by Crippen LogP contribution is -2.15. The van der Waals surface area contributed by atoms with Crippen molar-refractivity contribution in [2.24, 2.45) is 0 Å². The van der Waals surface area contributed by atoms with Gasteiger partial charge in [0, 0.05) is 70.2 Å². The zero-order valence-electron chi connectivity index (χ0n) is 26.8. The number of fused-ring (bicyclic) bond motifs is 3. The second-order valence-corrected chi connectivity index (χ2v) is 11.5. The van der Waals surface area contributed by atoms with E-state index in [2.05, 4.69) is 192 Å². The van der Waals surface area contributed by atoms with E-state index in [1.54, 1.807) is 0 Å². The Hall–Kier alpha value is -5.48. The Morgan fingerprint density at radius 3 is 1.07 bits per heavy atom. The molecular formula is C42H40N4. The van der Waals surface area contributed by atoms with E-state index in [1.165, 1.54) is 55.9 Å². The lowest BCUT2D eigenvalue weighted by atomic mass is 10.1. The number of aromatic nitrogens is 1. The molecule has 0 atom stereocenters. The van der Waals surface area contributed by atoms with Crippen molar-refractivity contribution >= 4 is 55.9 Å². The van der Waals surface area contributed by atoms with E-state index in [0.717, 1.165) is 25.3 Å². The molecule has 0 aliphatic rings. The van der Waals surface area contributed by atoms with Gasteiger partial charge in [-0.15, -0.1) is 0 Å². The fourth-order valence-corrected chi connectivity index (χ4v) is 6.76. The van der Waals surface area contributed by atoms with Gasteiger partial charge in [-0.3, -0.25) is 0 Å². The average Bonchev–Trinajstić information content (AvgIpc) is 3.44. The molecular weight excluding hydrogens is 560 g/mol. The van der Waals surface area contributed by atoms with Crippen molar-refractivity contribution < 1.29 is 0 Å². The van der Waals surface area contributed by atoms with Crippen LogP contribution in [0.1, 0.15) is 20.8 Å². The van der Waals surface area contributed by atoms with Crippen LogP contribution in [0, 0.1) is 0 Å². The number of rotatable bonds is 10. The minimum Gasteiger partial charge on any atom is -0.342 e. The second-order valence-electron chi connectivity index (χ2n) is 11.5. The van der Waals surface area contributed by atoms with Crippen molar-refractivity contribution in [3.05, 3.63) is 152 Å². The maximum atomic E-state index is 2.42. The summed E-state index contributed by atoms with van der Waals surface area (Å²) in [6.07, 6.45) is 0. The van der Waals surface area contributed by atoms with Crippen LogP contribution in [0.5, 0.6) is 0 Å². The van der Waals surface area contributed by atoms with Gasteiger partial charge in [0.25, 0.3) is 0 Å². The molecule has 0 saturated carbocycles. The molecule has 6 aromatic carbocycles. The number of benzene rings is 6. The van der Waals surface area contributed by atoms with Crippen molar-refractivity contribution in [2.75, 3.05) is 34.3 Å². The van der Waals surface area contributed by atoms with Crippen LogP contribution in [0.4, 0.5) is 34.1 Å². The van der Waals surface area contributed by atoms with Gasteiger partial charge in [-0.1, -0.05) is 54.6 Å². The molecule has 1 heterocycles. The predicted molar refractivity (Wildman–Crippen MR) is 198 cm³/mol. The Morgan fingerprint density at radius 1 is 0.370 bits per heavy atom. The van der Waals surface area contributed by atoms with Gasteiger partial charge in [0.1, 0.15) is 0 Å². The van der Waals surface area contributed by atoms with Gasteiger partial charge >= 0.3 is 0 Å². The maximum absolute atomic E-state index is 2.42. The molecule has 0 aliphatic heterocycles. The second kappa shape index (κ2) is 12.9. The summed E-state index contributed by atoms with van der Waals surface area (Å²) < 4.78 is 2.42. The zero-order chi connectivity index (χ0) is 31.5. The highest BCUT2D eigenvalue weighted by Gasteiger charge is 2.18. The lowest BCUT2D eigenvalue weighted by Gasteiger charge is -2.24. The van der Waals surface area contributed by atoms with Gasteiger partial charge in [-0.25, -0.2) is 0 Å². The summed E-state index contributed by atoms with van der Waals surface area (Å²) in [5.74, 6) is 0. The van der Waals surface area contributed by atoms with E-state index in [4.69, 9.17) is 0 Å². The average molecular weight is 601 g/mol. The van der Waals surface area contributed by atoms with Crippen LogP contribution in [-0.2, 0) is 0 Å². The van der Waals surface area contributed by atoms with Crippen molar-refractivity contribution in [1.82, 2.24) is 4.57 Å². The standard InChI is InChI=1S/C42H40N4/c1-4-43(32-16-10-7-11-17-32)35-22-24-36(25-23-35)46-41-28-26-37(44(5-2)33-18-12-8-13-19-33)30-39(41)40-31-38(27-29-42(40)46)45(6-3)34-20-14-9-15-21-34/h7-31H,4-6H2,1-3H3. The first kappa shape index (κ1) is 29.2. The van der Waals surface area contributed by atoms with Crippen LogP contribution < -0.4 is 14.7 Å². The summed E-state index contributed by atoms with van der Waals surface area (Å²) in [6, 6.07) is 54.8. The molecule has 0 radical (unpaired) electrons. The summed E-state index contributed by atoms with van der Waals surface area (Å²) in [7, 11) is 0. The fourth-order valence-electron chi connectivity index (χ4n) is 6.76. The number of hydrogen-bond donors (Lipinski definition) is 0. The fraction of sp³-hybridized carbons (Fsp3) is 0.143. The van der Waals surface area contributed by atoms with Crippen LogP contribution in [0.25, 0.3) is 27.5 Å². The first-order chi connectivity index (χ1) is 22.7. The molecule has 0 fully saturated rings. The SMILES string of the molecule is CCN(c1ccccc1)c1ccc(-n2c3ccc(N(CC)c4ccccc4)cc3c3cc(N(CC)c4ccccc4)ccc32)cc1. The predicted octanol–water partition coefficient (Wildman–Crippen LogP) is 11.3. The van der Waals surface area contributed by atoms with Gasteiger partial charge in [0.2, 0.25) is 0 Å². The summed E-state index contributed by atoms with van der Waals surface area (Å²) >= 11 is 0. The van der Waals surface area contributed by atoms with E-state index in [0.29, 0.717) is 0 Å². The van der Waals surface area contributed by atoms with Crippen molar-refractivity contribution in [1.29, 1.82) is 0 Å². The summed E-state index contributed by atoms with van der Waals surface area (Å²) in [4.78, 5) is 7.11. The third-order valence-corrected chi connectivity index (χ3v) is 8.93. The summed E-state index contributed by atoms with van der Waals surface area (Å²) in [5, 5.41) is 2.49. The van der Waals surface area contributed by atoms with Gasteiger partial charge < -0.3 is 19.3 Å². The molecule has 7 rings (SSSR count). The van der Waals surface area contributed by atoms with Crippen molar-refractivity contribution in [3.8, 4) is 5.69 Å². The van der Waals surface area contributed by atoms with Gasteiger partial charge in [-0.05, 0) is 118 Å². The highest BCUT2D eigenvalue weighted by Crippen LogP contribution is 2.39. The highest BCUT2D eigenvalue weighted by atomic mass is 15.1. The number of hydrogen-bond acceptors (Lipinski definition) is 3. The van der Waals surface area contributed by atoms with E-state index < -0.39 is 0 Å². The molecule has 0 bridgehead atoms. The Kier molecular flexibility index (Phi) is 8.18. The number of nitrogens with zero attached hydrogens (tertiary/aromatic N) is 4. The number of para-hydroxylation sites is 3. The van der Waals surface area contributed by atoms with Crippen LogP contribution in [-0.4, -0.2) is 24.2 Å². The Morgan fingerprint density at radius 2 is 0.696 bits per heavy atom. The molecule has 0 saturated heterocycles. The Balaban J connectivity index is 1.39. The summed E-state index contributed by atoms with van der Waals surface area (Å²) in [5.41, 5.74) is 10.7. The molecule has 0 spiro atoms. The lowest BCUT2D eigenvalue weighted by molar-refractivity contribution is 1.02. The Bertz CT molecular complexity index is 1940. The topological polar surface area (TPSA) is 14.7 Å². The number of anilines is 6. The van der Waals surface area contributed by atoms with E-state index >= 15 is 0 Å². The van der Waals surface area contributed by atoms with Crippen LogP contribution in [0.3, 0.4) is 0 Å². The van der Waals surface area contributed by atoms with Gasteiger partial charge in [0.15, 0.2) is 0 Å². The molecule has 4 nitrogen and oxygen atoms in total. The zero-order valence-corrected chi connectivity index (χ0v) is 26.8. The van der Waals surface area contributed by atoms with Crippen molar-refractivity contribution in [3.63, 3.8) is 0 Å². The van der Waals surface area contributed by atoms with Crippen molar-refractivity contribution in [2.45, 2.75) is 20.8 Å². The minimum atomic E-state index is 0.883. The smallest absolute Gasteiger partial charge is 0.0542 e. The third-order valence-electron chi connectivity index (χ3n) is 8.93. The molecule has 1 aromatic heterocycles. The molecule has 0 N–H and O–H groups in total. The molecule has 46 heavy (non-hydrogen) atoms. The molecule has 0 unspecified atom stereocenters. The first-order valence-electron chi connectivity index (χ1n) is 16.4. The molecule has 0 amide bonds. The molecule has 228 valence electrons. The monoisotopic (exact) mass is 600 g/mol. The van der Waals surface area contributed by atoms with Crippen LogP contribution >= 0.6 is 0 Å². The summed E-state index contributed by atoms with van der Waals surface area (Å²) in [6.45, 7) is 9.30. The van der Waals surface area contributed by atoms with Crippen LogP contribution in [0.15, 0.2) is 152 Å². The minimum absolute atomic E-state index is 0.883. The van der Waals surface area contributed by atoms with Gasteiger partial charge in [-0.2, -0.15) is 0 Å². The first-order valence-corrected chi connectivity index (χ1v) is 16.4. The normalized spacial score (nSPS) is 11.2. The van der Waals surface area contributed by atoms with E-state index in [-0.39, 0.29) is 0 Å². The molecule has 7 aromatic rings. The van der Waals surface area contributed by atoms with E-state index in [1.807, 2.05) is 0 Å².